The quantitative estimate of drug-likeness (QED) is 0.353. The van der Waals surface area contributed by atoms with Crippen LogP contribution in [-0.4, -0.2) is 30.3 Å². The van der Waals surface area contributed by atoms with Crippen LogP contribution in [0.3, 0.4) is 0 Å². The molecule has 33 heavy (non-hydrogen) atoms. The molecule has 0 bridgehead atoms. The number of amides is 1. The van der Waals surface area contributed by atoms with Crippen LogP contribution in [0.1, 0.15) is 25.5 Å². The first-order valence-corrected chi connectivity index (χ1v) is 13.8. The van der Waals surface area contributed by atoms with E-state index in [1.54, 1.807) is 54.4 Å². The Bertz CT molecular complexity index is 1250. The van der Waals surface area contributed by atoms with Crippen LogP contribution in [0.4, 0.5) is 5.69 Å². The Balaban J connectivity index is 1.47. The lowest BCUT2D eigenvalue weighted by Gasteiger charge is -2.12. The van der Waals surface area contributed by atoms with Crippen LogP contribution in [0.25, 0.3) is 11.1 Å². The topological polar surface area (TPSA) is 76.1 Å². The molecule has 172 valence electrons. The van der Waals surface area contributed by atoms with Crippen LogP contribution < -0.4 is 5.32 Å². The average molecular weight is 521 g/mol. The Morgan fingerprint density at radius 2 is 1.76 bits per heavy atom. The Labute approximate surface area is 207 Å². The van der Waals surface area contributed by atoms with E-state index in [2.05, 4.69) is 17.2 Å². The van der Waals surface area contributed by atoms with Crippen molar-refractivity contribution in [1.29, 1.82) is 0 Å². The highest BCUT2D eigenvalue weighted by molar-refractivity contribution is 7.99. The van der Waals surface area contributed by atoms with E-state index < -0.39 is 9.84 Å². The zero-order valence-electron chi connectivity index (χ0n) is 17.8. The molecule has 0 unspecified atom stereocenters. The normalized spacial score (nSPS) is 13.7. The van der Waals surface area contributed by atoms with Gasteiger partial charge >= 0.3 is 0 Å². The third-order valence-corrected chi connectivity index (χ3v) is 8.95. The molecule has 9 heteroatoms. The van der Waals surface area contributed by atoms with Gasteiger partial charge in [0.2, 0.25) is 5.91 Å². The minimum atomic E-state index is -3.26. The van der Waals surface area contributed by atoms with E-state index in [0.29, 0.717) is 50.3 Å². The van der Waals surface area contributed by atoms with Gasteiger partial charge in [0.1, 0.15) is 0 Å². The molecule has 2 aromatic carbocycles. The number of hydrogen-bond acceptors (Lipinski definition) is 5. The van der Waals surface area contributed by atoms with Crippen LogP contribution in [0, 0.1) is 0 Å². The predicted octanol–water partition coefficient (Wildman–Crippen LogP) is 6.28. The van der Waals surface area contributed by atoms with Crippen molar-refractivity contribution < 1.29 is 13.2 Å². The summed E-state index contributed by atoms with van der Waals surface area (Å²) in [5, 5.41) is 3.26. The second-order valence-corrected chi connectivity index (χ2v) is 12.1. The van der Waals surface area contributed by atoms with Crippen molar-refractivity contribution in [3.05, 3.63) is 70.5 Å². The maximum absolute atomic E-state index is 12.5. The highest BCUT2D eigenvalue weighted by Crippen LogP contribution is 2.39. The molecule has 1 aliphatic carbocycles. The molecule has 1 fully saturated rings. The van der Waals surface area contributed by atoms with Crippen molar-refractivity contribution in [3.8, 4) is 11.1 Å². The number of benzene rings is 2. The Morgan fingerprint density at radius 1 is 1.09 bits per heavy atom. The van der Waals surface area contributed by atoms with E-state index in [4.69, 9.17) is 23.2 Å². The molecule has 1 saturated carbocycles. The van der Waals surface area contributed by atoms with Crippen LogP contribution >= 0.6 is 35.0 Å². The van der Waals surface area contributed by atoms with Crippen LogP contribution in [0.2, 0.25) is 10.0 Å². The molecule has 1 aliphatic rings. The molecule has 1 heterocycles. The van der Waals surface area contributed by atoms with E-state index in [0.717, 1.165) is 10.6 Å². The number of nitrogens with one attached hydrogen (secondary N) is 1. The van der Waals surface area contributed by atoms with E-state index in [1.165, 1.54) is 0 Å². The monoisotopic (exact) mass is 520 g/mol. The van der Waals surface area contributed by atoms with Gasteiger partial charge in [-0.3, -0.25) is 9.78 Å². The fraction of sp³-hybridized carbons (Fsp3) is 0.250. The van der Waals surface area contributed by atoms with Gasteiger partial charge in [-0.25, -0.2) is 8.42 Å². The standard InChI is InChI=1S/C24H22Cl2N2O3S2/c1-2-32-18-6-5-16(27-14-18)13-23(29)28-17-11-21(25)24(22(26)12-17)15-3-7-19(8-4-15)33(30,31)20-9-10-20/h3-8,11-12,14,20H,2,9-10,13H2,1H3,(H,28,29). The maximum atomic E-state index is 12.5. The van der Waals surface area contributed by atoms with Crippen LogP contribution in [0.15, 0.2) is 64.5 Å². The number of carbonyl (C=O) groups excluding carboxylic acids is 1. The molecule has 1 N–H and O–H groups in total. The van der Waals surface area contributed by atoms with Gasteiger partial charge in [-0.15, -0.1) is 11.8 Å². The minimum Gasteiger partial charge on any atom is -0.326 e. The van der Waals surface area contributed by atoms with E-state index in [-0.39, 0.29) is 17.6 Å². The summed E-state index contributed by atoms with van der Waals surface area (Å²) in [6.45, 7) is 2.07. The fourth-order valence-electron chi connectivity index (χ4n) is 3.44. The highest BCUT2D eigenvalue weighted by Gasteiger charge is 2.36. The number of anilines is 1. The summed E-state index contributed by atoms with van der Waals surface area (Å²) >= 11 is 14.7. The predicted molar refractivity (Wildman–Crippen MR) is 135 cm³/mol. The summed E-state index contributed by atoms with van der Waals surface area (Å²) in [6.07, 6.45) is 3.33. The number of aromatic nitrogens is 1. The molecule has 0 saturated heterocycles. The van der Waals surface area contributed by atoms with Crippen molar-refractivity contribution in [2.24, 2.45) is 0 Å². The Morgan fingerprint density at radius 3 is 2.30 bits per heavy atom. The van der Waals surface area contributed by atoms with Gasteiger partial charge in [0.25, 0.3) is 0 Å². The maximum Gasteiger partial charge on any atom is 0.230 e. The van der Waals surface area contributed by atoms with Crippen molar-refractivity contribution in [3.63, 3.8) is 0 Å². The van der Waals surface area contributed by atoms with Crippen molar-refractivity contribution in [2.75, 3.05) is 11.1 Å². The lowest BCUT2D eigenvalue weighted by Crippen LogP contribution is -2.15. The second-order valence-electron chi connectivity index (χ2n) is 7.73. The van der Waals surface area contributed by atoms with Crippen molar-refractivity contribution in [1.82, 2.24) is 4.98 Å². The number of pyridine rings is 1. The van der Waals surface area contributed by atoms with E-state index in [1.807, 2.05) is 12.1 Å². The summed E-state index contributed by atoms with van der Waals surface area (Å²) in [4.78, 5) is 18.2. The number of halogens is 2. The molecule has 0 radical (unpaired) electrons. The fourth-order valence-corrected chi connectivity index (χ4v) is 6.43. The number of sulfone groups is 1. The summed E-state index contributed by atoms with van der Waals surface area (Å²) in [6, 6.07) is 13.6. The molecule has 0 spiro atoms. The number of rotatable bonds is 8. The zero-order chi connectivity index (χ0) is 23.6. The molecule has 0 aliphatic heterocycles. The summed E-state index contributed by atoms with van der Waals surface area (Å²) in [5.74, 6) is 0.732. The lowest BCUT2D eigenvalue weighted by atomic mass is 10.0. The third-order valence-electron chi connectivity index (χ3n) is 5.21. The van der Waals surface area contributed by atoms with Gasteiger partial charge in [-0.05, 0) is 60.6 Å². The van der Waals surface area contributed by atoms with Gasteiger partial charge in [0.15, 0.2) is 9.84 Å². The molecule has 1 amide bonds. The van der Waals surface area contributed by atoms with Gasteiger partial charge in [-0.2, -0.15) is 0 Å². The summed E-state index contributed by atoms with van der Waals surface area (Å²) < 4.78 is 24.8. The minimum absolute atomic E-state index is 0.130. The van der Waals surface area contributed by atoms with Crippen molar-refractivity contribution in [2.45, 2.75) is 41.2 Å². The number of nitrogens with zero attached hydrogens (tertiary/aromatic N) is 1. The smallest absolute Gasteiger partial charge is 0.230 e. The van der Waals surface area contributed by atoms with Gasteiger partial charge in [0, 0.05) is 28.0 Å². The Kier molecular flexibility index (Phi) is 7.34. The van der Waals surface area contributed by atoms with Crippen LogP contribution in [0.5, 0.6) is 0 Å². The number of thioether (sulfide) groups is 1. The van der Waals surface area contributed by atoms with Gasteiger partial charge in [0.05, 0.1) is 26.6 Å². The molecule has 5 nitrogen and oxygen atoms in total. The summed E-state index contributed by atoms with van der Waals surface area (Å²) in [5.41, 5.74) is 2.43. The zero-order valence-corrected chi connectivity index (χ0v) is 21.0. The largest absolute Gasteiger partial charge is 0.326 e. The first-order valence-electron chi connectivity index (χ1n) is 10.5. The van der Waals surface area contributed by atoms with Crippen LogP contribution in [-0.2, 0) is 21.1 Å². The summed E-state index contributed by atoms with van der Waals surface area (Å²) in [7, 11) is -3.26. The molecule has 1 aromatic heterocycles. The average Bonchev–Trinajstić information content (AvgIpc) is 3.61. The van der Waals surface area contributed by atoms with E-state index in [9.17, 15) is 13.2 Å². The SMILES string of the molecule is CCSc1ccc(CC(=O)Nc2cc(Cl)c(-c3ccc(S(=O)(=O)C4CC4)cc3)c(Cl)c2)nc1. The molecular formula is C24H22Cl2N2O3S2. The first kappa shape index (κ1) is 24.1. The number of hydrogen-bond donors (Lipinski definition) is 1. The van der Waals surface area contributed by atoms with E-state index >= 15 is 0 Å². The number of carbonyl (C=O) groups is 1. The molecular weight excluding hydrogens is 499 g/mol. The lowest BCUT2D eigenvalue weighted by molar-refractivity contribution is -0.115. The highest BCUT2D eigenvalue weighted by atomic mass is 35.5. The van der Waals surface area contributed by atoms with Crippen molar-refractivity contribution >= 4 is 56.4 Å². The molecule has 4 rings (SSSR count). The third kappa shape index (κ3) is 5.72. The molecule has 3 aromatic rings. The molecule has 0 atom stereocenters. The second kappa shape index (κ2) is 10.1. The van der Waals surface area contributed by atoms with Gasteiger partial charge in [-0.1, -0.05) is 42.3 Å². The van der Waals surface area contributed by atoms with Gasteiger partial charge < -0.3 is 5.32 Å². The Hall–Kier alpha value is -2.06. The first-order chi connectivity index (χ1) is 15.8.